The third kappa shape index (κ3) is 5.76. The van der Waals surface area contributed by atoms with Crippen molar-refractivity contribution in [3.8, 4) is 0 Å². The first-order valence-electron chi connectivity index (χ1n) is 6.96. The number of nitrogens with one attached hydrogen (secondary N) is 2. The third-order valence-corrected chi connectivity index (χ3v) is 3.37. The molecule has 6 nitrogen and oxygen atoms in total. The van der Waals surface area contributed by atoms with E-state index in [1.807, 2.05) is 0 Å². The van der Waals surface area contributed by atoms with Gasteiger partial charge in [-0.05, 0) is 13.8 Å². The zero-order chi connectivity index (χ0) is 14.1. The SMILES string of the molecule is CN=C(NCCOC)NCC(C)N1CCOCC1C. The van der Waals surface area contributed by atoms with Crippen LogP contribution < -0.4 is 10.6 Å². The van der Waals surface area contributed by atoms with Crippen molar-refractivity contribution < 1.29 is 9.47 Å². The van der Waals surface area contributed by atoms with Gasteiger partial charge in [-0.15, -0.1) is 0 Å². The molecule has 0 aliphatic carbocycles. The van der Waals surface area contributed by atoms with E-state index in [4.69, 9.17) is 9.47 Å². The average molecular weight is 272 g/mol. The summed E-state index contributed by atoms with van der Waals surface area (Å²) in [5.74, 6) is 0.824. The number of rotatable bonds is 6. The molecule has 0 saturated carbocycles. The van der Waals surface area contributed by atoms with Crippen LogP contribution >= 0.6 is 0 Å². The molecule has 1 saturated heterocycles. The van der Waals surface area contributed by atoms with E-state index >= 15 is 0 Å². The summed E-state index contributed by atoms with van der Waals surface area (Å²) >= 11 is 0. The molecule has 1 aliphatic rings. The van der Waals surface area contributed by atoms with Gasteiger partial charge in [-0.2, -0.15) is 0 Å². The normalized spacial score (nSPS) is 23.2. The van der Waals surface area contributed by atoms with E-state index in [2.05, 4.69) is 34.4 Å². The summed E-state index contributed by atoms with van der Waals surface area (Å²) in [6, 6.07) is 0.939. The molecule has 19 heavy (non-hydrogen) atoms. The summed E-state index contributed by atoms with van der Waals surface area (Å²) in [5, 5.41) is 6.56. The molecule has 6 heteroatoms. The molecule has 0 aromatic heterocycles. The monoisotopic (exact) mass is 272 g/mol. The lowest BCUT2D eigenvalue weighted by molar-refractivity contribution is -0.0174. The van der Waals surface area contributed by atoms with Crippen molar-refractivity contribution in [3.63, 3.8) is 0 Å². The van der Waals surface area contributed by atoms with Crippen LogP contribution in [-0.4, -0.2) is 76.6 Å². The second kappa shape index (κ2) is 9.12. The Morgan fingerprint density at radius 2 is 2.32 bits per heavy atom. The zero-order valence-corrected chi connectivity index (χ0v) is 12.6. The standard InChI is InChI=1S/C13H28N4O2/c1-11(17-6-8-19-10-12(17)2)9-16-13(14-3)15-5-7-18-4/h11-12H,5-10H2,1-4H3,(H2,14,15,16). The number of guanidine groups is 1. The van der Waals surface area contributed by atoms with E-state index in [0.29, 0.717) is 18.7 Å². The molecule has 1 rings (SSSR count). The van der Waals surface area contributed by atoms with Gasteiger partial charge in [0.15, 0.2) is 5.96 Å². The van der Waals surface area contributed by atoms with Gasteiger partial charge in [0.1, 0.15) is 0 Å². The summed E-state index contributed by atoms with van der Waals surface area (Å²) in [5.41, 5.74) is 0. The van der Waals surface area contributed by atoms with Gasteiger partial charge in [-0.1, -0.05) is 0 Å². The zero-order valence-electron chi connectivity index (χ0n) is 12.6. The fourth-order valence-corrected chi connectivity index (χ4v) is 2.25. The van der Waals surface area contributed by atoms with Gasteiger partial charge in [0.05, 0.1) is 19.8 Å². The Labute approximate surface area is 116 Å². The molecule has 2 N–H and O–H groups in total. The number of ether oxygens (including phenoxy) is 2. The Bertz CT molecular complexity index is 273. The molecular formula is C13H28N4O2. The molecule has 0 aromatic rings. The second-order valence-electron chi connectivity index (χ2n) is 4.88. The Hall–Kier alpha value is -0.850. The fraction of sp³-hybridized carbons (Fsp3) is 0.923. The minimum atomic E-state index is 0.458. The summed E-state index contributed by atoms with van der Waals surface area (Å²) in [6.07, 6.45) is 0. The Morgan fingerprint density at radius 1 is 1.53 bits per heavy atom. The van der Waals surface area contributed by atoms with Gasteiger partial charge >= 0.3 is 0 Å². The molecule has 1 heterocycles. The molecule has 0 amide bonds. The Balaban J connectivity index is 2.29. The predicted molar refractivity (Wildman–Crippen MR) is 77.7 cm³/mol. The lowest BCUT2D eigenvalue weighted by Gasteiger charge is -2.38. The maximum absolute atomic E-state index is 5.46. The van der Waals surface area contributed by atoms with Crippen molar-refractivity contribution in [1.29, 1.82) is 0 Å². The minimum absolute atomic E-state index is 0.458. The van der Waals surface area contributed by atoms with Crippen LogP contribution in [0.1, 0.15) is 13.8 Å². The maximum Gasteiger partial charge on any atom is 0.191 e. The number of morpholine rings is 1. The summed E-state index contributed by atoms with van der Waals surface area (Å²) in [4.78, 5) is 6.66. The molecule has 2 unspecified atom stereocenters. The van der Waals surface area contributed by atoms with E-state index in [0.717, 1.165) is 38.8 Å². The summed E-state index contributed by atoms with van der Waals surface area (Å²) < 4.78 is 10.5. The largest absolute Gasteiger partial charge is 0.383 e. The third-order valence-electron chi connectivity index (χ3n) is 3.37. The molecule has 0 bridgehead atoms. The first-order valence-corrected chi connectivity index (χ1v) is 6.96. The highest BCUT2D eigenvalue weighted by Gasteiger charge is 2.23. The van der Waals surface area contributed by atoms with E-state index in [1.54, 1.807) is 14.2 Å². The van der Waals surface area contributed by atoms with Crippen LogP contribution in [0.25, 0.3) is 0 Å². The molecule has 2 atom stereocenters. The van der Waals surface area contributed by atoms with Crippen LogP contribution in [0.15, 0.2) is 4.99 Å². The van der Waals surface area contributed by atoms with Crippen LogP contribution in [-0.2, 0) is 9.47 Å². The van der Waals surface area contributed by atoms with Crippen molar-refractivity contribution >= 4 is 5.96 Å². The number of hydrogen-bond donors (Lipinski definition) is 2. The van der Waals surface area contributed by atoms with E-state index in [-0.39, 0.29) is 0 Å². The number of methoxy groups -OCH3 is 1. The summed E-state index contributed by atoms with van der Waals surface area (Å²) in [7, 11) is 3.48. The smallest absolute Gasteiger partial charge is 0.191 e. The quantitative estimate of drug-likeness (QED) is 0.402. The first kappa shape index (κ1) is 16.2. The first-order chi connectivity index (χ1) is 9.19. The van der Waals surface area contributed by atoms with Crippen molar-refractivity contribution in [2.45, 2.75) is 25.9 Å². The second-order valence-corrected chi connectivity index (χ2v) is 4.88. The van der Waals surface area contributed by atoms with Gasteiger partial charge in [0, 0.05) is 45.9 Å². The van der Waals surface area contributed by atoms with Crippen LogP contribution in [0.3, 0.4) is 0 Å². The van der Waals surface area contributed by atoms with Gasteiger partial charge in [0.2, 0.25) is 0 Å². The van der Waals surface area contributed by atoms with E-state index in [1.165, 1.54) is 0 Å². The lowest BCUT2D eigenvalue weighted by atomic mass is 10.2. The van der Waals surface area contributed by atoms with Gasteiger partial charge in [0.25, 0.3) is 0 Å². The molecule has 1 fully saturated rings. The number of aliphatic imine (C=N–C) groups is 1. The van der Waals surface area contributed by atoms with E-state index in [9.17, 15) is 0 Å². The fourth-order valence-electron chi connectivity index (χ4n) is 2.25. The van der Waals surface area contributed by atoms with E-state index < -0.39 is 0 Å². The van der Waals surface area contributed by atoms with Crippen LogP contribution in [0.5, 0.6) is 0 Å². The van der Waals surface area contributed by atoms with Crippen molar-refractivity contribution in [2.75, 3.05) is 53.6 Å². The topological polar surface area (TPSA) is 58.1 Å². The molecule has 112 valence electrons. The minimum Gasteiger partial charge on any atom is -0.383 e. The molecule has 0 radical (unpaired) electrons. The lowest BCUT2D eigenvalue weighted by Crippen LogP contribution is -2.53. The number of nitrogens with zero attached hydrogens (tertiary/aromatic N) is 2. The van der Waals surface area contributed by atoms with Crippen LogP contribution in [0.4, 0.5) is 0 Å². The maximum atomic E-state index is 5.46. The van der Waals surface area contributed by atoms with Crippen LogP contribution in [0, 0.1) is 0 Å². The van der Waals surface area contributed by atoms with Gasteiger partial charge in [-0.25, -0.2) is 0 Å². The average Bonchev–Trinajstić information content (AvgIpc) is 2.43. The highest BCUT2D eigenvalue weighted by atomic mass is 16.5. The highest BCUT2D eigenvalue weighted by molar-refractivity contribution is 5.79. The molecule has 0 spiro atoms. The van der Waals surface area contributed by atoms with Crippen molar-refractivity contribution in [1.82, 2.24) is 15.5 Å². The molecule has 0 aromatic carbocycles. The Kier molecular flexibility index (Phi) is 7.78. The summed E-state index contributed by atoms with van der Waals surface area (Å²) in [6.45, 7) is 9.41. The van der Waals surface area contributed by atoms with Gasteiger partial charge in [-0.3, -0.25) is 9.89 Å². The molecule has 1 aliphatic heterocycles. The predicted octanol–water partition coefficient (Wildman–Crippen LogP) is -0.0930. The van der Waals surface area contributed by atoms with Crippen LogP contribution in [0.2, 0.25) is 0 Å². The van der Waals surface area contributed by atoms with Crippen molar-refractivity contribution in [3.05, 3.63) is 0 Å². The van der Waals surface area contributed by atoms with Crippen molar-refractivity contribution in [2.24, 2.45) is 4.99 Å². The van der Waals surface area contributed by atoms with Gasteiger partial charge < -0.3 is 20.1 Å². The molecular weight excluding hydrogens is 244 g/mol. The Morgan fingerprint density at radius 3 is 2.95 bits per heavy atom. The number of hydrogen-bond acceptors (Lipinski definition) is 4. The highest BCUT2D eigenvalue weighted by Crippen LogP contribution is 2.09.